The maximum atomic E-state index is 9.91. The van der Waals surface area contributed by atoms with Gasteiger partial charge in [-0.3, -0.25) is 9.56 Å². The van der Waals surface area contributed by atoms with Gasteiger partial charge in [0, 0.05) is 16.0 Å². The number of aliphatic hydroxyl groups excluding tert-OH is 1. The van der Waals surface area contributed by atoms with Crippen molar-refractivity contribution in [2.45, 2.75) is 40.3 Å². The zero-order chi connectivity index (χ0) is 21.7. The molecule has 0 amide bonds. The number of aromatic nitrogens is 3. The molecule has 1 unspecified atom stereocenters. The van der Waals surface area contributed by atoms with Crippen molar-refractivity contribution >= 4 is 17.0 Å². The van der Waals surface area contributed by atoms with Crippen LogP contribution >= 0.6 is 11.3 Å². The molecule has 0 spiro atoms. The summed E-state index contributed by atoms with van der Waals surface area (Å²) in [7, 11) is 0. The van der Waals surface area contributed by atoms with Gasteiger partial charge in [-0.15, -0.1) is 21.5 Å². The summed E-state index contributed by atoms with van der Waals surface area (Å²) in [5.41, 5.74) is 7.66. The van der Waals surface area contributed by atoms with E-state index in [2.05, 4.69) is 58.9 Å². The standard InChI is InChI=1S/C25H24N4OS/c1-14-16(3)31-25-23(14)24(26-13-22-28-27-17(4)29(22)25)19-10-8-18(9-11-19)21-7-5-6-20(12-21)15(2)30/h5-12,15,30H,13H2,1-4H3. The summed E-state index contributed by atoms with van der Waals surface area (Å²) in [5.74, 6) is 1.77. The van der Waals surface area contributed by atoms with Gasteiger partial charge in [0.15, 0.2) is 5.82 Å². The molecule has 3 heterocycles. The zero-order valence-corrected chi connectivity index (χ0v) is 18.9. The van der Waals surface area contributed by atoms with Crippen LogP contribution in [0.4, 0.5) is 0 Å². The quantitative estimate of drug-likeness (QED) is 0.480. The number of rotatable bonds is 3. The summed E-state index contributed by atoms with van der Waals surface area (Å²) in [6, 6.07) is 16.6. The lowest BCUT2D eigenvalue weighted by atomic mass is 9.96. The maximum Gasteiger partial charge on any atom is 0.160 e. The van der Waals surface area contributed by atoms with E-state index in [0.717, 1.165) is 44.6 Å². The molecule has 0 radical (unpaired) electrons. The summed E-state index contributed by atoms with van der Waals surface area (Å²) in [4.78, 5) is 6.25. The van der Waals surface area contributed by atoms with Crippen LogP contribution in [0.25, 0.3) is 16.1 Å². The molecule has 31 heavy (non-hydrogen) atoms. The molecular formula is C25H24N4OS. The highest BCUT2D eigenvalue weighted by molar-refractivity contribution is 7.15. The van der Waals surface area contributed by atoms with E-state index >= 15 is 0 Å². The van der Waals surface area contributed by atoms with Crippen LogP contribution in [-0.2, 0) is 6.54 Å². The number of aryl methyl sites for hydroxylation is 2. The molecule has 5 rings (SSSR count). The molecule has 2 aromatic heterocycles. The van der Waals surface area contributed by atoms with E-state index in [1.807, 2.05) is 25.1 Å². The second kappa shape index (κ2) is 7.55. The highest BCUT2D eigenvalue weighted by Crippen LogP contribution is 2.36. The number of aliphatic imine (C=N–C) groups is 1. The van der Waals surface area contributed by atoms with Gasteiger partial charge in [0.2, 0.25) is 0 Å². The predicted octanol–water partition coefficient (Wildman–Crippen LogP) is 5.33. The van der Waals surface area contributed by atoms with Crippen molar-refractivity contribution in [2.24, 2.45) is 4.99 Å². The Kier molecular flexibility index (Phi) is 4.84. The molecule has 1 N–H and O–H groups in total. The average molecular weight is 429 g/mol. The molecule has 0 saturated carbocycles. The normalized spacial score (nSPS) is 13.9. The first-order chi connectivity index (χ1) is 14.9. The number of hydrogen-bond acceptors (Lipinski definition) is 5. The largest absolute Gasteiger partial charge is 0.389 e. The zero-order valence-electron chi connectivity index (χ0n) is 18.0. The first kappa shape index (κ1) is 19.8. The first-order valence-corrected chi connectivity index (χ1v) is 11.2. The van der Waals surface area contributed by atoms with Gasteiger partial charge in [0.1, 0.15) is 17.4 Å². The van der Waals surface area contributed by atoms with E-state index < -0.39 is 6.10 Å². The third-order valence-electron chi connectivity index (χ3n) is 5.94. The Morgan fingerprint density at radius 1 is 0.968 bits per heavy atom. The van der Waals surface area contributed by atoms with Crippen LogP contribution in [-0.4, -0.2) is 25.6 Å². The lowest BCUT2D eigenvalue weighted by Crippen LogP contribution is -2.07. The Morgan fingerprint density at radius 2 is 1.71 bits per heavy atom. The van der Waals surface area contributed by atoms with Crippen LogP contribution in [0.1, 0.15) is 51.8 Å². The van der Waals surface area contributed by atoms with Crippen LogP contribution in [0, 0.1) is 20.8 Å². The summed E-state index contributed by atoms with van der Waals surface area (Å²) >= 11 is 1.77. The predicted molar refractivity (Wildman–Crippen MR) is 125 cm³/mol. The van der Waals surface area contributed by atoms with E-state index in [1.165, 1.54) is 16.0 Å². The summed E-state index contributed by atoms with van der Waals surface area (Å²) in [6.45, 7) is 8.61. The van der Waals surface area contributed by atoms with E-state index in [-0.39, 0.29) is 0 Å². The van der Waals surface area contributed by atoms with Crippen LogP contribution in [0.5, 0.6) is 0 Å². The van der Waals surface area contributed by atoms with Crippen molar-refractivity contribution in [3.8, 4) is 16.1 Å². The molecule has 0 aliphatic carbocycles. The molecule has 5 nitrogen and oxygen atoms in total. The van der Waals surface area contributed by atoms with Gasteiger partial charge in [0.05, 0.1) is 11.8 Å². The monoisotopic (exact) mass is 428 g/mol. The molecule has 0 fully saturated rings. The van der Waals surface area contributed by atoms with Crippen molar-refractivity contribution < 1.29 is 5.11 Å². The SMILES string of the molecule is Cc1sc2c(c1C)C(c1ccc(-c3cccc(C(C)O)c3)cc1)=NCc1nnc(C)n1-2. The molecule has 4 aromatic rings. The third kappa shape index (κ3) is 3.32. The molecule has 156 valence electrons. The van der Waals surface area contributed by atoms with E-state index in [0.29, 0.717) is 6.54 Å². The van der Waals surface area contributed by atoms with Crippen LogP contribution in [0.2, 0.25) is 0 Å². The summed E-state index contributed by atoms with van der Waals surface area (Å²) in [5, 5.41) is 19.7. The minimum atomic E-state index is -0.479. The highest BCUT2D eigenvalue weighted by atomic mass is 32.1. The molecule has 0 saturated heterocycles. The van der Waals surface area contributed by atoms with Crippen molar-refractivity contribution in [3.05, 3.63) is 87.3 Å². The van der Waals surface area contributed by atoms with Crippen molar-refractivity contribution in [1.82, 2.24) is 14.8 Å². The van der Waals surface area contributed by atoms with Gasteiger partial charge < -0.3 is 5.11 Å². The second-order valence-corrected chi connectivity index (χ2v) is 9.21. The van der Waals surface area contributed by atoms with Crippen molar-refractivity contribution in [3.63, 3.8) is 0 Å². The van der Waals surface area contributed by atoms with Crippen molar-refractivity contribution in [1.29, 1.82) is 0 Å². The Bertz CT molecular complexity index is 1310. The summed E-state index contributed by atoms with van der Waals surface area (Å²) in [6.07, 6.45) is -0.479. The van der Waals surface area contributed by atoms with Gasteiger partial charge in [-0.25, -0.2) is 0 Å². The minimum absolute atomic E-state index is 0.479. The van der Waals surface area contributed by atoms with Gasteiger partial charge in [-0.2, -0.15) is 0 Å². The molecule has 0 bridgehead atoms. The maximum absolute atomic E-state index is 9.91. The Labute approximate surface area is 185 Å². The fourth-order valence-electron chi connectivity index (χ4n) is 4.08. The highest BCUT2D eigenvalue weighted by Gasteiger charge is 2.26. The van der Waals surface area contributed by atoms with E-state index in [4.69, 9.17) is 4.99 Å². The fraction of sp³-hybridized carbons (Fsp3) is 0.240. The minimum Gasteiger partial charge on any atom is -0.389 e. The van der Waals surface area contributed by atoms with E-state index in [1.54, 1.807) is 18.3 Å². The molecule has 2 aromatic carbocycles. The summed E-state index contributed by atoms with van der Waals surface area (Å²) < 4.78 is 2.15. The van der Waals surface area contributed by atoms with Crippen molar-refractivity contribution in [2.75, 3.05) is 0 Å². The Morgan fingerprint density at radius 3 is 2.45 bits per heavy atom. The lowest BCUT2D eigenvalue weighted by molar-refractivity contribution is 0.199. The van der Waals surface area contributed by atoms with Gasteiger partial charge in [-0.05, 0) is 56.0 Å². The Hall–Kier alpha value is -3.09. The number of benzene rings is 2. The molecule has 6 heteroatoms. The molecule has 1 aliphatic rings. The smallest absolute Gasteiger partial charge is 0.160 e. The van der Waals surface area contributed by atoms with Crippen LogP contribution in [0.15, 0.2) is 53.5 Å². The number of aliphatic hydroxyl groups is 1. The first-order valence-electron chi connectivity index (χ1n) is 10.4. The van der Waals surface area contributed by atoms with Crippen LogP contribution in [0.3, 0.4) is 0 Å². The van der Waals surface area contributed by atoms with Gasteiger partial charge >= 0.3 is 0 Å². The topological polar surface area (TPSA) is 63.3 Å². The molecule has 1 atom stereocenters. The van der Waals surface area contributed by atoms with E-state index in [9.17, 15) is 5.11 Å². The average Bonchev–Trinajstić information content (AvgIpc) is 3.22. The third-order valence-corrected chi connectivity index (χ3v) is 7.13. The van der Waals surface area contributed by atoms with Gasteiger partial charge in [0.25, 0.3) is 0 Å². The molecule has 1 aliphatic heterocycles. The Balaban J connectivity index is 1.58. The number of hydrogen-bond donors (Lipinski definition) is 1. The fourth-order valence-corrected chi connectivity index (χ4v) is 5.31. The number of thiophene rings is 1. The lowest BCUT2D eigenvalue weighted by Gasteiger charge is -2.11. The second-order valence-electron chi connectivity index (χ2n) is 8.01. The van der Waals surface area contributed by atoms with Gasteiger partial charge in [-0.1, -0.05) is 42.5 Å². The number of nitrogens with zero attached hydrogens (tertiary/aromatic N) is 4. The molecular weight excluding hydrogens is 404 g/mol. The van der Waals surface area contributed by atoms with Crippen LogP contribution < -0.4 is 0 Å². The number of fused-ring (bicyclic) bond motifs is 3.